The third-order valence-corrected chi connectivity index (χ3v) is 3.23. The van der Waals surface area contributed by atoms with Crippen LogP contribution in [0.15, 0.2) is 61.1 Å². The van der Waals surface area contributed by atoms with Crippen LogP contribution in [0, 0.1) is 5.82 Å². The summed E-state index contributed by atoms with van der Waals surface area (Å²) in [5.74, 6) is 1.18. The van der Waals surface area contributed by atoms with E-state index in [1.165, 1.54) is 18.5 Å². The van der Waals surface area contributed by atoms with Gasteiger partial charge in [0.25, 0.3) is 0 Å². The second-order valence-corrected chi connectivity index (χ2v) is 4.94. The van der Waals surface area contributed by atoms with Crippen molar-refractivity contribution in [1.29, 1.82) is 0 Å². The topological polar surface area (TPSA) is 62.7 Å². The molecule has 3 aromatic rings. The Morgan fingerprint density at radius 1 is 0.826 bits per heavy atom. The van der Waals surface area contributed by atoms with Crippen molar-refractivity contribution in [2.24, 2.45) is 0 Å². The molecule has 0 spiro atoms. The number of benzene rings is 1. The first-order valence-electron chi connectivity index (χ1n) is 7.24. The van der Waals surface area contributed by atoms with Crippen LogP contribution >= 0.6 is 0 Å². The molecule has 3 rings (SSSR count). The van der Waals surface area contributed by atoms with E-state index in [4.69, 9.17) is 0 Å². The minimum atomic E-state index is -0.239. The van der Waals surface area contributed by atoms with E-state index in [0.29, 0.717) is 24.7 Å². The minimum Gasteiger partial charge on any atom is -0.366 e. The average molecular weight is 309 g/mol. The summed E-state index contributed by atoms with van der Waals surface area (Å²) in [6.45, 7) is 1.16. The maximum absolute atomic E-state index is 12.9. The smallest absolute Gasteiger partial charge is 0.131 e. The van der Waals surface area contributed by atoms with Gasteiger partial charge in [0.05, 0.1) is 12.2 Å². The zero-order valence-electron chi connectivity index (χ0n) is 12.4. The molecule has 0 aliphatic heterocycles. The van der Waals surface area contributed by atoms with Crippen LogP contribution in [0.4, 0.5) is 16.0 Å². The SMILES string of the molecule is Fc1ccc(CNc2cc(NCc3ccccn3)ncn2)cc1. The number of pyridine rings is 1. The van der Waals surface area contributed by atoms with Crippen LogP contribution in [0.25, 0.3) is 0 Å². The third kappa shape index (κ3) is 4.47. The van der Waals surface area contributed by atoms with E-state index in [2.05, 4.69) is 25.6 Å². The molecule has 0 saturated carbocycles. The van der Waals surface area contributed by atoms with Gasteiger partial charge in [-0.25, -0.2) is 14.4 Å². The van der Waals surface area contributed by atoms with Crippen LogP contribution in [-0.4, -0.2) is 15.0 Å². The van der Waals surface area contributed by atoms with Crippen LogP contribution in [-0.2, 0) is 13.1 Å². The molecule has 6 heteroatoms. The maximum Gasteiger partial charge on any atom is 0.131 e. The molecule has 0 bridgehead atoms. The van der Waals surface area contributed by atoms with Crippen LogP contribution < -0.4 is 10.6 Å². The zero-order chi connectivity index (χ0) is 15.9. The molecule has 0 fully saturated rings. The van der Waals surface area contributed by atoms with Crippen molar-refractivity contribution in [1.82, 2.24) is 15.0 Å². The molecule has 23 heavy (non-hydrogen) atoms. The van der Waals surface area contributed by atoms with E-state index >= 15 is 0 Å². The normalized spacial score (nSPS) is 10.3. The summed E-state index contributed by atoms with van der Waals surface area (Å²) < 4.78 is 12.9. The fourth-order valence-electron chi connectivity index (χ4n) is 2.03. The molecule has 0 unspecified atom stereocenters. The Morgan fingerprint density at radius 2 is 1.57 bits per heavy atom. The average Bonchev–Trinajstić information content (AvgIpc) is 2.61. The first-order valence-corrected chi connectivity index (χ1v) is 7.24. The van der Waals surface area contributed by atoms with Gasteiger partial charge >= 0.3 is 0 Å². The van der Waals surface area contributed by atoms with Crippen LogP contribution in [0.1, 0.15) is 11.3 Å². The molecular weight excluding hydrogens is 293 g/mol. The summed E-state index contributed by atoms with van der Waals surface area (Å²) >= 11 is 0. The number of hydrogen-bond donors (Lipinski definition) is 2. The Hall–Kier alpha value is -3.02. The van der Waals surface area contributed by atoms with Crippen molar-refractivity contribution >= 4 is 11.6 Å². The minimum absolute atomic E-state index is 0.239. The summed E-state index contributed by atoms with van der Waals surface area (Å²) in [5.41, 5.74) is 1.92. The zero-order valence-corrected chi connectivity index (χ0v) is 12.4. The maximum atomic E-state index is 12.9. The highest BCUT2D eigenvalue weighted by Gasteiger charge is 2.00. The lowest BCUT2D eigenvalue weighted by molar-refractivity contribution is 0.627. The first kappa shape index (κ1) is 14.9. The lowest BCUT2D eigenvalue weighted by Gasteiger charge is -2.08. The summed E-state index contributed by atoms with van der Waals surface area (Å²) in [6, 6.07) is 14.0. The highest BCUT2D eigenvalue weighted by molar-refractivity contribution is 5.46. The van der Waals surface area contributed by atoms with Gasteiger partial charge in [-0.15, -0.1) is 0 Å². The number of anilines is 2. The highest BCUT2D eigenvalue weighted by Crippen LogP contribution is 2.11. The molecule has 5 nitrogen and oxygen atoms in total. The summed E-state index contributed by atoms with van der Waals surface area (Å²) in [6.07, 6.45) is 3.25. The summed E-state index contributed by atoms with van der Waals surface area (Å²) in [5, 5.41) is 6.39. The number of nitrogens with zero attached hydrogens (tertiary/aromatic N) is 3. The molecule has 2 heterocycles. The fourth-order valence-corrected chi connectivity index (χ4v) is 2.03. The number of rotatable bonds is 6. The Labute approximate surface area is 133 Å². The Balaban J connectivity index is 1.57. The number of aromatic nitrogens is 3. The van der Waals surface area contributed by atoms with Gasteiger partial charge in [0, 0.05) is 18.8 Å². The van der Waals surface area contributed by atoms with Crippen molar-refractivity contribution < 1.29 is 4.39 Å². The van der Waals surface area contributed by atoms with E-state index in [0.717, 1.165) is 11.3 Å². The van der Waals surface area contributed by atoms with E-state index < -0.39 is 0 Å². The van der Waals surface area contributed by atoms with Gasteiger partial charge in [0.1, 0.15) is 23.8 Å². The van der Waals surface area contributed by atoms with E-state index in [9.17, 15) is 4.39 Å². The molecule has 2 N–H and O–H groups in total. The van der Waals surface area contributed by atoms with Gasteiger partial charge < -0.3 is 10.6 Å². The van der Waals surface area contributed by atoms with E-state index in [1.807, 2.05) is 24.3 Å². The molecule has 0 atom stereocenters. The largest absolute Gasteiger partial charge is 0.366 e. The predicted molar refractivity (Wildman–Crippen MR) is 87.3 cm³/mol. The van der Waals surface area contributed by atoms with Crippen molar-refractivity contribution in [2.75, 3.05) is 10.6 Å². The van der Waals surface area contributed by atoms with Gasteiger partial charge in [-0.05, 0) is 29.8 Å². The highest BCUT2D eigenvalue weighted by atomic mass is 19.1. The molecule has 0 aliphatic rings. The van der Waals surface area contributed by atoms with E-state index in [1.54, 1.807) is 18.3 Å². The second kappa shape index (κ2) is 7.31. The molecular formula is C17H16FN5. The Morgan fingerprint density at radius 3 is 2.26 bits per heavy atom. The van der Waals surface area contributed by atoms with Crippen LogP contribution in [0.2, 0.25) is 0 Å². The molecule has 116 valence electrons. The lowest BCUT2D eigenvalue weighted by atomic mass is 10.2. The standard InChI is InChI=1S/C17H16FN5/c18-14-6-4-13(5-7-14)10-20-16-9-17(23-12-22-16)21-11-15-3-1-2-8-19-15/h1-9,12H,10-11H2,(H2,20,21,22,23). The van der Waals surface area contributed by atoms with Crippen molar-refractivity contribution in [3.8, 4) is 0 Å². The Kier molecular flexibility index (Phi) is 4.73. The van der Waals surface area contributed by atoms with Crippen LogP contribution in [0.5, 0.6) is 0 Å². The number of nitrogens with one attached hydrogen (secondary N) is 2. The van der Waals surface area contributed by atoms with E-state index in [-0.39, 0.29) is 5.82 Å². The predicted octanol–water partition coefficient (Wildman–Crippen LogP) is 3.23. The monoisotopic (exact) mass is 309 g/mol. The summed E-state index contributed by atoms with van der Waals surface area (Å²) in [7, 11) is 0. The fraction of sp³-hybridized carbons (Fsp3) is 0.118. The van der Waals surface area contributed by atoms with Crippen molar-refractivity contribution in [2.45, 2.75) is 13.1 Å². The van der Waals surface area contributed by atoms with Gasteiger partial charge in [-0.1, -0.05) is 18.2 Å². The quantitative estimate of drug-likeness (QED) is 0.732. The third-order valence-electron chi connectivity index (χ3n) is 3.23. The van der Waals surface area contributed by atoms with Crippen LogP contribution in [0.3, 0.4) is 0 Å². The van der Waals surface area contributed by atoms with Gasteiger partial charge in [-0.3, -0.25) is 4.98 Å². The lowest BCUT2D eigenvalue weighted by Crippen LogP contribution is -2.06. The molecule has 1 aromatic carbocycles. The second-order valence-electron chi connectivity index (χ2n) is 4.94. The number of halogens is 1. The van der Waals surface area contributed by atoms with Gasteiger partial charge in [0.2, 0.25) is 0 Å². The molecule has 2 aromatic heterocycles. The van der Waals surface area contributed by atoms with Crippen molar-refractivity contribution in [3.63, 3.8) is 0 Å². The molecule has 0 amide bonds. The molecule has 0 radical (unpaired) electrons. The molecule has 0 saturated heterocycles. The Bertz CT molecular complexity index is 746. The van der Waals surface area contributed by atoms with Crippen molar-refractivity contribution in [3.05, 3.63) is 78.1 Å². The van der Waals surface area contributed by atoms with Gasteiger partial charge in [-0.2, -0.15) is 0 Å². The van der Waals surface area contributed by atoms with Gasteiger partial charge in [0.15, 0.2) is 0 Å². The molecule has 0 aliphatic carbocycles. The summed E-state index contributed by atoms with van der Waals surface area (Å²) in [4.78, 5) is 12.6. The first-order chi connectivity index (χ1) is 11.3. The number of hydrogen-bond acceptors (Lipinski definition) is 5.